The zero-order valence-electron chi connectivity index (χ0n) is 12.6. The lowest BCUT2D eigenvalue weighted by atomic mass is 10.1. The zero-order valence-corrected chi connectivity index (χ0v) is 14.1. The molecule has 2 rings (SSSR count). The Hall–Kier alpha value is -0.770. The molecular formula is C16H22Cl2N2O. The molecule has 3 nitrogen and oxygen atoms in total. The van der Waals surface area contributed by atoms with Gasteiger partial charge in [0, 0.05) is 19.6 Å². The van der Waals surface area contributed by atoms with Crippen molar-refractivity contribution in [3.63, 3.8) is 0 Å². The van der Waals surface area contributed by atoms with Crippen LogP contribution in [0.5, 0.6) is 0 Å². The Morgan fingerprint density at radius 3 is 2.62 bits per heavy atom. The van der Waals surface area contributed by atoms with E-state index in [1.165, 1.54) is 6.42 Å². The minimum Gasteiger partial charge on any atom is -0.341 e. The van der Waals surface area contributed by atoms with Crippen LogP contribution in [0.15, 0.2) is 18.2 Å². The van der Waals surface area contributed by atoms with Crippen LogP contribution < -0.4 is 0 Å². The van der Waals surface area contributed by atoms with Gasteiger partial charge in [0.25, 0.3) is 0 Å². The molecule has 0 spiro atoms. The van der Waals surface area contributed by atoms with Crippen molar-refractivity contribution in [2.75, 3.05) is 20.1 Å². The number of likely N-dealkylation sites (tertiary alicyclic amines) is 1. The number of amides is 1. The van der Waals surface area contributed by atoms with Gasteiger partial charge in [0.1, 0.15) is 0 Å². The maximum absolute atomic E-state index is 12.5. The second-order valence-electron chi connectivity index (χ2n) is 5.69. The van der Waals surface area contributed by atoms with E-state index >= 15 is 0 Å². The molecule has 1 aliphatic heterocycles. The minimum atomic E-state index is -0.154. The summed E-state index contributed by atoms with van der Waals surface area (Å²) in [6.07, 6.45) is 3.46. The standard InChI is InChI=1S/C16H22Cl2N2O/c1-12(16(21)20-9-4-3-5-10-20)19(2)11-13-7-6-8-14(17)15(13)18/h6-8,12H,3-5,9-11H2,1-2H3. The van der Waals surface area contributed by atoms with E-state index < -0.39 is 0 Å². The first-order valence-electron chi connectivity index (χ1n) is 7.42. The molecule has 0 saturated carbocycles. The second kappa shape index (κ2) is 7.48. The van der Waals surface area contributed by atoms with Crippen molar-refractivity contribution in [1.82, 2.24) is 9.80 Å². The SMILES string of the molecule is CC(C(=O)N1CCCCC1)N(C)Cc1cccc(Cl)c1Cl. The number of hydrogen-bond acceptors (Lipinski definition) is 2. The Kier molecular flexibility index (Phi) is 5.91. The maximum Gasteiger partial charge on any atom is 0.239 e. The Morgan fingerprint density at radius 1 is 1.29 bits per heavy atom. The second-order valence-corrected chi connectivity index (χ2v) is 6.48. The van der Waals surface area contributed by atoms with E-state index in [1.807, 2.05) is 35.9 Å². The van der Waals surface area contributed by atoms with Crippen LogP contribution in [-0.2, 0) is 11.3 Å². The van der Waals surface area contributed by atoms with Gasteiger partial charge in [-0.25, -0.2) is 0 Å². The van der Waals surface area contributed by atoms with Gasteiger partial charge < -0.3 is 4.90 Å². The summed E-state index contributed by atoms with van der Waals surface area (Å²) >= 11 is 12.3. The predicted octanol–water partition coefficient (Wildman–Crippen LogP) is 3.83. The molecular weight excluding hydrogens is 307 g/mol. The molecule has 0 aliphatic carbocycles. The number of benzene rings is 1. The fourth-order valence-corrected chi connectivity index (χ4v) is 3.02. The summed E-state index contributed by atoms with van der Waals surface area (Å²) in [7, 11) is 1.95. The van der Waals surface area contributed by atoms with Gasteiger partial charge in [0.15, 0.2) is 0 Å². The van der Waals surface area contributed by atoms with Crippen LogP contribution in [0.25, 0.3) is 0 Å². The first-order valence-corrected chi connectivity index (χ1v) is 8.18. The molecule has 0 radical (unpaired) electrons. The van der Waals surface area contributed by atoms with Gasteiger partial charge in [-0.1, -0.05) is 35.3 Å². The van der Waals surface area contributed by atoms with E-state index in [1.54, 1.807) is 6.07 Å². The number of hydrogen-bond donors (Lipinski definition) is 0. The number of carbonyl (C=O) groups excluding carboxylic acids is 1. The van der Waals surface area contributed by atoms with Crippen LogP contribution >= 0.6 is 23.2 Å². The average molecular weight is 329 g/mol. The smallest absolute Gasteiger partial charge is 0.239 e. The van der Waals surface area contributed by atoms with Crippen LogP contribution in [0.3, 0.4) is 0 Å². The van der Waals surface area contributed by atoms with Crippen LogP contribution in [0.1, 0.15) is 31.7 Å². The van der Waals surface area contributed by atoms with Gasteiger partial charge in [0.05, 0.1) is 16.1 Å². The maximum atomic E-state index is 12.5. The minimum absolute atomic E-state index is 0.154. The molecule has 116 valence electrons. The number of halogens is 2. The summed E-state index contributed by atoms with van der Waals surface area (Å²) in [4.78, 5) is 16.5. The van der Waals surface area contributed by atoms with Crippen LogP contribution in [0.2, 0.25) is 10.0 Å². The van der Waals surface area contributed by atoms with Crippen molar-refractivity contribution in [3.8, 4) is 0 Å². The molecule has 0 bridgehead atoms. The fourth-order valence-electron chi connectivity index (χ4n) is 2.64. The highest BCUT2D eigenvalue weighted by Crippen LogP contribution is 2.26. The molecule has 21 heavy (non-hydrogen) atoms. The topological polar surface area (TPSA) is 23.6 Å². The highest BCUT2D eigenvalue weighted by molar-refractivity contribution is 6.42. The summed E-state index contributed by atoms with van der Waals surface area (Å²) in [5, 5.41) is 1.13. The van der Waals surface area contributed by atoms with Crippen molar-refractivity contribution < 1.29 is 4.79 Å². The predicted molar refractivity (Wildman–Crippen MR) is 87.8 cm³/mol. The van der Waals surface area contributed by atoms with Crippen molar-refractivity contribution >= 4 is 29.1 Å². The number of nitrogens with zero attached hydrogens (tertiary/aromatic N) is 2. The Bertz CT molecular complexity index is 501. The van der Waals surface area contributed by atoms with E-state index in [2.05, 4.69) is 0 Å². The monoisotopic (exact) mass is 328 g/mol. The molecule has 1 unspecified atom stereocenters. The number of likely N-dealkylation sites (N-methyl/N-ethyl adjacent to an activating group) is 1. The summed E-state index contributed by atoms with van der Waals surface area (Å²) in [6, 6.07) is 5.45. The number of carbonyl (C=O) groups is 1. The summed E-state index contributed by atoms with van der Waals surface area (Å²) in [5.41, 5.74) is 0.949. The largest absolute Gasteiger partial charge is 0.341 e. The van der Waals surface area contributed by atoms with Crippen LogP contribution in [-0.4, -0.2) is 41.9 Å². The van der Waals surface area contributed by atoms with Gasteiger partial charge in [-0.2, -0.15) is 0 Å². The molecule has 1 heterocycles. The van der Waals surface area contributed by atoms with Crippen molar-refractivity contribution in [3.05, 3.63) is 33.8 Å². The lowest BCUT2D eigenvalue weighted by molar-refractivity contribution is -0.137. The van der Waals surface area contributed by atoms with E-state index in [-0.39, 0.29) is 11.9 Å². The average Bonchev–Trinajstić information content (AvgIpc) is 2.51. The summed E-state index contributed by atoms with van der Waals surface area (Å²) in [5.74, 6) is 0.204. The molecule has 1 saturated heterocycles. The zero-order chi connectivity index (χ0) is 15.4. The Labute approximate surface area is 136 Å². The molecule has 0 aromatic heterocycles. The molecule has 1 aromatic rings. The lowest BCUT2D eigenvalue weighted by Crippen LogP contribution is -2.47. The molecule has 1 fully saturated rings. The quantitative estimate of drug-likeness (QED) is 0.838. The van der Waals surface area contributed by atoms with Gasteiger partial charge in [-0.3, -0.25) is 9.69 Å². The van der Waals surface area contributed by atoms with Crippen molar-refractivity contribution in [2.45, 2.75) is 38.8 Å². The first kappa shape index (κ1) is 16.6. The lowest BCUT2D eigenvalue weighted by Gasteiger charge is -2.33. The Balaban J connectivity index is 2.00. The van der Waals surface area contributed by atoms with Crippen LogP contribution in [0, 0.1) is 0 Å². The number of piperidine rings is 1. The molecule has 1 aromatic carbocycles. The normalized spacial score (nSPS) is 17.1. The van der Waals surface area contributed by atoms with E-state index in [0.717, 1.165) is 31.5 Å². The molecule has 1 atom stereocenters. The van der Waals surface area contributed by atoms with Crippen LogP contribution in [0.4, 0.5) is 0 Å². The van der Waals surface area contributed by atoms with E-state index in [0.29, 0.717) is 16.6 Å². The third-order valence-corrected chi connectivity index (χ3v) is 5.00. The molecule has 1 amide bonds. The molecule has 5 heteroatoms. The van der Waals surface area contributed by atoms with Gasteiger partial charge in [-0.05, 0) is 44.9 Å². The summed E-state index contributed by atoms with van der Waals surface area (Å²) in [6.45, 7) is 4.33. The first-order chi connectivity index (χ1) is 10.0. The van der Waals surface area contributed by atoms with Crippen molar-refractivity contribution in [2.24, 2.45) is 0 Å². The summed E-state index contributed by atoms with van der Waals surface area (Å²) < 4.78 is 0. The van der Waals surface area contributed by atoms with Gasteiger partial charge >= 0.3 is 0 Å². The van der Waals surface area contributed by atoms with Gasteiger partial charge in [0.2, 0.25) is 5.91 Å². The van der Waals surface area contributed by atoms with E-state index in [4.69, 9.17) is 23.2 Å². The highest BCUT2D eigenvalue weighted by atomic mass is 35.5. The molecule has 1 aliphatic rings. The fraction of sp³-hybridized carbons (Fsp3) is 0.562. The highest BCUT2D eigenvalue weighted by Gasteiger charge is 2.25. The van der Waals surface area contributed by atoms with Crippen molar-refractivity contribution in [1.29, 1.82) is 0 Å². The Morgan fingerprint density at radius 2 is 1.95 bits per heavy atom. The number of rotatable bonds is 4. The van der Waals surface area contributed by atoms with E-state index in [9.17, 15) is 4.79 Å². The third-order valence-electron chi connectivity index (χ3n) is 4.14. The van der Waals surface area contributed by atoms with Gasteiger partial charge in [-0.15, -0.1) is 0 Å². The molecule has 0 N–H and O–H groups in total. The third kappa shape index (κ3) is 4.12.